The molecule has 0 aliphatic carbocycles. The number of rotatable bonds is 2. The van der Waals surface area contributed by atoms with Crippen LogP contribution < -0.4 is 4.90 Å². The van der Waals surface area contributed by atoms with E-state index in [-0.39, 0.29) is 18.9 Å². The van der Waals surface area contributed by atoms with Crippen LogP contribution in [0.15, 0.2) is 18.2 Å². The first-order valence-corrected chi connectivity index (χ1v) is 5.59. The molecule has 0 radical (unpaired) electrons. The molecule has 1 aromatic carbocycles. The maximum absolute atomic E-state index is 11.8. The van der Waals surface area contributed by atoms with Crippen molar-refractivity contribution in [2.24, 2.45) is 5.92 Å². The zero-order valence-corrected chi connectivity index (χ0v) is 9.93. The number of aryl methyl sites for hydroxylation is 2. The average Bonchev–Trinajstić information content (AvgIpc) is 2.61. The van der Waals surface area contributed by atoms with Crippen molar-refractivity contribution in [3.63, 3.8) is 0 Å². The number of hydrogen-bond acceptors (Lipinski definition) is 2. The number of carboxylic acid groups (broad SMARTS) is 1. The highest BCUT2D eigenvalue weighted by Gasteiger charge is 2.35. The van der Waals surface area contributed by atoms with Crippen LogP contribution in [0.1, 0.15) is 17.5 Å². The third kappa shape index (κ3) is 2.16. The van der Waals surface area contributed by atoms with Gasteiger partial charge >= 0.3 is 5.97 Å². The molecule has 1 heterocycles. The Labute approximate surface area is 99.9 Å². The summed E-state index contributed by atoms with van der Waals surface area (Å²) >= 11 is 0. The van der Waals surface area contributed by atoms with Crippen molar-refractivity contribution in [3.8, 4) is 0 Å². The van der Waals surface area contributed by atoms with Gasteiger partial charge in [0, 0.05) is 18.7 Å². The summed E-state index contributed by atoms with van der Waals surface area (Å²) in [6, 6.07) is 5.81. The first-order chi connectivity index (χ1) is 7.99. The highest BCUT2D eigenvalue weighted by molar-refractivity contribution is 5.99. The predicted molar refractivity (Wildman–Crippen MR) is 64.0 cm³/mol. The van der Waals surface area contributed by atoms with Gasteiger partial charge in [-0.2, -0.15) is 0 Å². The van der Waals surface area contributed by atoms with E-state index in [0.717, 1.165) is 16.8 Å². The van der Waals surface area contributed by atoms with Crippen LogP contribution in [0.25, 0.3) is 0 Å². The van der Waals surface area contributed by atoms with Crippen molar-refractivity contribution in [1.29, 1.82) is 0 Å². The van der Waals surface area contributed by atoms with E-state index >= 15 is 0 Å². The fraction of sp³-hybridized carbons (Fsp3) is 0.385. The summed E-state index contributed by atoms with van der Waals surface area (Å²) in [5.41, 5.74) is 2.96. The fourth-order valence-electron chi connectivity index (χ4n) is 2.21. The summed E-state index contributed by atoms with van der Waals surface area (Å²) in [7, 11) is 0. The Bertz CT molecular complexity index is 482. The van der Waals surface area contributed by atoms with Gasteiger partial charge in [-0.3, -0.25) is 9.59 Å². The standard InChI is InChI=1S/C13H15NO3/c1-8-3-4-11(9(2)5-8)14-7-10(13(16)17)6-12(14)15/h3-5,10H,6-7H2,1-2H3,(H,16,17). The largest absolute Gasteiger partial charge is 0.481 e. The van der Waals surface area contributed by atoms with Crippen LogP contribution in [-0.2, 0) is 9.59 Å². The van der Waals surface area contributed by atoms with E-state index in [1.807, 2.05) is 32.0 Å². The SMILES string of the molecule is Cc1ccc(N2CC(C(=O)O)CC2=O)c(C)c1. The van der Waals surface area contributed by atoms with Gasteiger partial charge in [-0.25, -0.2) is 0 Å². The summed E-state index contributed by atoms with van der Waals surface area (Å²) < 4.78 is 0. The van der Waals surface area contributed by atoms with Gasteiger partial charge in [-0.1, -0.05) is 17.7 Å². The molecule has 90 valence electrons. The van der Waals surface area contributed by atoms with Crippen molar-refractivity contribution >= 4 is 17.6 Å². The van der Waals surface area contributed by atoms with Gasteiger partial charge in [-0.15, -0.1) is 0 Å². The van der Waals surface area contributed by atoms with Crippen molar-refractivity contribution in [2.45, 2.75) is 20.3 Å². The number of benzene rings is 1. The van der Waals surface area contributed by atoms with Gasteiger partial charge < -0.3 is 10.0 Å². The fourth-order valence-corrected chi connectivity index (χ4v) is 2.21. The van der Waals surface area contributed by atoms with E-state index in [9.17, 15) is 9.59 Å². The molecule has 1 N–H and O–H groups in total. The second-order valence-corrected chi connectivity index (χ2v) is 4.53. The Balaban J connectivity index is 2.29. The van der Waals surface area contributed by atoms with Crippen LogP contribution in [0.3, 0.4) is 0 Å². The Kier molecular flexibility index (Phi) is 2.88. The van der Waals surface area contributed by atoms with Crippen LogP contribution in [0.4, 0.5) is 5.69 Å². The zero-order chi connectivity index (χ0) is 12.6. The molecule has 1 amide bonds. The number of hydrogen-bond donors (Lipinski definition) is 1. The van der Waals surface area contributed by atoms with Gasteiger partial charge in [0.1, 0.15) is 0 Å². The lowest BCUT2D eigenvalue weighted by atomic mass is 10.1. The minimum atomic E-state index is -0.898. The van der Waals surface area contributed by atoms with Crippen molar-refractivity contribution in [2.75, 3.05) is 11.4 Å². The molecule has 2 rings (SSSR count). The second-order valence-electron chi connectivity index (χ2n) is 4.53. The number of aliphatic carboxylic acids is 1. The number of amides is 1. The molecule has 0 spiro atoms. The highest BCUT2D eigenvalue weighted by atomic mass is 16.4. The summed E-state index contributed by atoms with van der Waals surface area (Å²) in [5, 5.41) is 8.93. The number of nitrogens with zero attached hydrogens (tertiary/aromatic N) is 1. The number of carboxylic acids is 1. The van der Waals surface area contributed by atoms with E-state index in [4.69, 9.17) is 5.11 Å². The molecule has 1 aliphatic heterocycles. The summed E-state index contributed by atoms with van der Waals surface area (Å²) in [5.74, 6) is -1.59. The maximum Gasteiger partial charge on any atom is 0.308 e. The quantitative estimate of drug-likeness (QED) is 0.846. The topological polar surface area (TPSA) is 57.6 Å². The van der Waals surface area contributed by atoms with Crippen molar-refractivity contribution in [1.82, 2.24) is 0 Å². The Morgan fingerprint density at radius 3 is 2.65 bits per heavy atom. The molecule has 4 nitrogen and oxygen atoms in total. The third-order valence-electron chi connectivity index (χ3n) is 3.12. The van der Waals surface area contributed by atoms with Gasteiger partial charge in [0.15, 0.2) is 0 Å². The third-order valence-corrected chi connectivity index (χ3v) is 3.12. The Morgan fingerprint density at radius 2 is 2.12 bits per heavy atom. The van der Waals surface area contributed by atoms with E-state index in [2.05, 4.69) is 0 Å². The lowest BCUT2D eigenvalue weighted by molar-refractivity contribution is -0.141. The normalized spacial score (nSPS) is 19.8. The first-order valence-electron chi connectivity index (χ1n) is 5.59. The van der Waals surface area contributed by atoms with Gasteiger partial charge in [-0.05, 0) is 25.5 Å². The second kappa shape index (κ2) is 4.20. The van der Waals surface area contributed by atoms with Crippen LogP contribution in [-0.4, -0.2) is 23.5 Å². The Morgan fingerprint density at radius 1 is 1.41 bits per heavy atom. The van der Waals surface area contributed by atoms with Crippen LogP contribution in [0.5, 0.6) is 0 Å². The van der Waals surface area contributed by atoms with Gasteiger partial charge in [0.2, 0.25) is 5.91 Å². The molecule has 4 heteroatoms. The minimum Gasteiger partial charge on any atom is -0.481 e. The van der Waals surface area contributed by atoms with Crippen LogP contribution in [0.2, 0.25) is 0 Å². The van der Waals surface area contributed by atoms with Crippen LogP contribution in [0, 0.1) is 19.8 Å². The Hall–Kier alpha value is -1.84. The molecule has 0 bridgehead atoms. The van der Waals surface area contributed by atoms with E-state index in [1.54, 1.807) is 4.90 Å². The van der Waals surface area contributed by atoms with Gasteiger partial charge in [0.25, 0.3) is 0 Å². The maximum atomic E-state index is 11.8. The summed E-state index contributed by atoms with van der Waals surface area (Å²) in [6.07, 6.45) is 0.0999. The zero-order valence-electron chi connectivity index (χ0n) is 9.93. The average molecular weight is 233 g/mol. The van der Waals surface area contributed by atoms with Crippen molar-refractivity contribution < 1.29 is 14.7 Å². The number of carbonyl (C=O) groups is 2. The molecular formula is C13H15NO3. The lowest BCUT2D eigenvalue weighted by Gasteiger charge is -2.19. The number of anilines is 1. The summed E-state index contributed by atoms with van der Waals surface area (Å²) in [4.78, 5) is 24.3. The van der Waals surface area contributed by atoms with E-state index < -0.39 is 11.9 Å². The minimum absolute atomic E-state index is 0.0999. The molecule has 1 atom stereocenters. The molecule has 1 saturated heterocycles. The molecule has 0 saturated carbocycles. The molecule has 1 aromatic rings. The first kappa shape index (κ1) is 11.6. The smallest absolute Gasteiger partial charge is 0.308 e. The molecule has 1 fully saturated rings. The van der Waals surface area contributed by atoms with Crippen molar-refractivity contribution in [3.05, 3.63) is 29.3 Å². The molecule has 17 heavy (non-hydrogen) atoms. The van der Waals surface area contributed by atoms with E-state index in [0.29, 0.717) is 0 Å². The van der Waals surface area contributed by atoms with Crippen LogP contribution >= 0.6 is 0 Å². The molecule has 1 unspecified atom stereocenters. The highest BCUT2D eigenvalue weighted by Crippen LogP contribution is 2.28. The molecular weight excluding hydrogens is 218 g/mol. The lowest BCUT2D eigenvalue weighted by Crippen LogP contribution is -2.26. The number of carbonyl (C=O) groups excluding carboxylic acids is 1. The summed E-state index contributed by atoms with van der Waals surface area (Å²) in [6.45, 7) is 4.20. The molecule has 0 aromatic heterocycles. The monoisotopic (exact) mass is 233 g/mol. The molecule has 1 aliphatic rings. The van der Waals surface area contributed by atoms with Gasteiger partial charge in [0.05, 0.1) is 5.92 Å². The van der Waals surface area contributed by atoms with E-state index in [1.165, 1.54) is 0 Å². The predicted octanol–water partition coefficient (Wildman–Crippen LogP) is 1.74.